The summed E-state index contributed by atoms with van der Waals surface area (Å²) in [7, 11) is 0. The Balaban J connectivity index is 2.23. The molecule has 0 bridgehead atoms. The normalized spacial score (nSPS) is 12.2. The molecule has 1 N–H and O–H groups in total. The van der Waals surface area contributed by atoms with Gasteiger partial charge in [0.05, 0.1) is 11.7 Å². The highest BCUT2D eigenvalue weighted by atomic mass is 35.5. The minimum absolute atomic E-state index is 0.193. The molecular weight excluding hydrogens is 279 g/mol. The maximum atomic E-state index is 6.12. The molecule has 0 amide bonds. The second-order valence-corrected chi connectivity index (χ2v) is 5.30. The first-order valence-corrected chi connectivity index (χ1v) is 7.00. The topological polar surface area (TPSA) is 24.9 Å². The zero-order valence-corrected chi connectivity index (χ0v) is 12.5. The average molecular weight is 295 g/mol. The van der Waals surface area contributed by atoms with Crippen LogP contribution in [0.5, 0.6) is 0 Å². The molecule has 1 atom stereocenters. The number of nitrogens with zero attached hydrogens (tertiary/aromatic N) is 1. The lowest BCUT2D eigenvalue weighted by atomic mass is 10.0. The van der Waals surface area contributed by atoms with Gasteiger partial charge in [0.1, 0.15) is 0 Å². The molecule has 0 radical (unpaired) electrons. The summed E-state index contributed by atoms with van der Waals surface area (Å²) in [6.45, 7) is 4.13. The molecule has 0 spiro atoms. The molecule has 4 heteroatoms. The SMILES string of the molecule is CCC(Nc1cc(C)cnc1Cl)c1ccc(Cl)cc1. The van der Waals surface area contributed by atoms with Crippen molar-refractivity contribution in [1.82, 2.24) is 4.98 Å². The van der Waals surface area contributed by atoms with Crippen molar-refractivity contribution >= 4 is 28.9 Å². The van der Waals surface area contributed by atoms with Crippen LogP contribution in [-0.4, -0.2) is 4.98 Å². The second kappa shape index (κ2) is 6.27. The zero-order valence-electron chi connectivity index (χ0n) is 11.0. The Morgan fingerprint density at radius 2 is 1.89 bits per heavy atom. The quantitative estimate of drug-likeness (QED) is 0.778. The number of benzene rings is 1. The van der Waals surface area contributed by atoms with Gasteiger partial charge in [0.15, 0.2) is 5.15 Å². The second-order valence-electron chi connectivity index (χ2n) is 4.51. The molecule has 2 nitrogen and oxygen atoms in total. The molecule has 0 saturated carbocycles. The fourth-order valence-corrected chi connectivity index (χ4v) is 2.24. The molecule has 0 saturated heterocycles. The van der Waals surface area contributed by atoms with E-state index in [1.54, 1.807) is 6.20 Å². The predicted molar refractivity (Wildman–Crippen MR) is 82.1 cm³/mol. The van der Waals surface area contributed by atoms with Crippen LogP contribution in [0.25, 0.3) is 0 Å². The summed E-state index contributed by atoms with van der Waals surface area (Å²) in [4.78, 5) is 4.16. The fourth-order valence-electron chi connectivity index (χ4n) is 1.96. The monoisotopic (exact) mass is 294 g/mol. The van der Waals surface area contributed by atoms with E-state index in [2.05, 4.69) is 17.2 Å². The number of nitrogens with one attached hydrogen (secondary N) is 1. The van der Waals surface area contributed by atoms with E-state index in [1.165, 1.54) is 5.56 Å². The molecule has 1 aromatic heterocycles. The standard InChI is InChI=1S/C15H16Cl2N2/c1-3-13(11-4-6-12(16)7-5-11)19-14-8-10(2)9-18-15(14)17/h4-9,13,19H,3H2,1-2H3. The third kappa shape index (κ3) is 3.62. The predicted octanol–water partition coefficient (Wildman–Crippen LogP) is 5.26. The number of halogens is 2. The highest BCUT2D eigenvalue weighted by molar-refractivity contribution is 6.32. The number of aromatic nitrogens is 1. The third-order valence-electron chi connectivity index (χ3n) is 2.99. The van der Waals surface area contributed by atoms with E-state index in [0.29, 0.717) is 5.15 Å². The van der Waals surface area contributed by atoms with Crippen molar-refractivity contribution in [1.29, 1.82) is 0 Å². The summed E-state index contributed by atoms with van der Waals surface area (Å²) in [5.41, 5.74) is 3.13. The molecule has 1 aromatic carbocycles. The van der Waals surface area contributed by atoms with Gasteiger partial charge >= 0.3 is 0 Å². The van der Waals surface area contributed by atoms with Crippen LogP contribution in [0, 0.1) is 6.92 Å². The number of anilines is 1. The first kappa shape index (κ1) is 14.2. The smallest absolute Gasteiger partial charge is 0.152 e. The van der Waals surface area contributed by atoms with Crippen LogP contribution in [0.2, 0.25) is 10.2 Å². The van der Waals surface area contributed by atoms with Gasteiger partial charge in [-0.25, -0.2) is 4.98 Å². The Labute approximate surface area is 123 Å². The van der Waals surface area contributed by atoms with Crippen molar-refractivity contribution in [2.24, 2.45) is 0 Å². The highest BCUT2D eigenvalue weighted by Crippen LogP contribution is 2.27. The molecule has 0 fully saturated rings. The van der Waals surface area contributed by atoms with Gasteiger partial charge in [-0.1, -0.05) is 42.3 Å². The molecule has 2 aromatic rings. The Hall–Kier alpha value is -1.25. The van der Waals surface area contributed by atoms with Crippen molar-refractivity contribution in [3.8, 4) is 0 Å². The van der Waals surface area contributed by atoms with Gasteiger partial charge in [0.2, 0.25) is 0 Å². The number of rotatable bonds is 4. The lowest BCUT2D eigenvalue weighted by Gasteiger charge is -2.19. The molecule has 2 rings (SSSR count). The number of hydrogen-bond donors (Lipinski definition) is 1. The van der Waals surface area contributed by atoms with E-state index in [0.717, 1.165) is 22.7 Å². The van der Waals surface area contributed by atoms with E-state index in [4.69, 9.17) is 23.2 Å². The summed E-state index contributed by atoms with van der Waals surface area (Å²) in [5.74, 6) is 0. The van der Waals surface area contributed by atoms with Crippen LogP contribution in [0.15, 0.2) is 36.5 Å². The lowest BCUT2D eigenvalue weighted by Crippen LogP contribution is -2.10. The molecule has 0 aliphatic heterocycles. The lowest BCUT2D eigenvalue weighted by molar-refractivity contribution is 0.748. The summed E-state index contributed by atoms with van der Waals surface area (Å²) in [6, 6.07) is 10.1. The van der Waals surface area contributed by atoms with E-state index in [-0.39, 0.29) is 6.04 Å². The Morgan fingerprint density at radius 1 is 1.21 bits per heavy atom. The Bertz CT molecular complexity index is 553. The fraction of sp³-hybridized carbons (Fsp3) is 0.267. The number of pyridine rings is 1. The highest BCUT2D eigenvalue weighted by Gasteiger charge is 2.11. The summed E-state index contributed by atoms with van der Waals surface area (Å²) >= 11 is 12.0. The van der Waals surface area contributed by atoms with Crippen LogP contribution in [0.4, 0.5) is 5.69 Å². The van der Waals surface area contributed by atoms with E-state index < -0.39 is 0 Å². The molecule has 1 unspecified atom stereocenters. The largest absolute Gasteiger partial charge is 0.376 e. The molecular formula is C15H16Cl2N2. The van der Waals surface area contributed by atoms with Crippen LogP contribution in [-0.2, 0) is 0 Å². The van der Waals surface area contributed by atoms with E-state index in [1.807, 2.05) is 37.3 Å². The molecule has 19 heavy (non-hydrogen) atoms. The number of hydrogen-bond acceptors (Lipinski definition) is 2. The third-order valence-corrected chi connectivity index (χ3v) is 3.54. The molecule has 100 valence electrons. The van der Waals surface area contributed by atoms with Crippen molar-refractivity contribution in [2.75, 3.05) is 5.32 Å². The van der Waals surface area contributed by atoms with Crippen molar-refractivity contribution in [3.05, 3.63) is 57.8 Å². The Kier molecular flexibility index (Phi) is 4.67. The maximum absolute atomic E-state index is 6.12. The van der Waals surface area contributed by atoms with E-state index >= 15 is 0 Å². The van der Waals surface area contributed by atoms with Gasteiger partial charge in [0.25, 0.3) is 0 Å². The number of aryl methyl sites for hydroxylation is 1. The van der Waals surface area contributed by atoms with Gasteiger partial charge in [0, 0.05) is 11.2 Å². The van der Waals surface area contributed by atoms with Crippen LogP contribution in [0.1, 0.15) is 30.5 Å². The summed E-state index contributed by atoms with van der Waals surface area (Å²) in [6.07, 6.45) is 2.71. The van der Waals surface area contributed by atoms with Crippen molar-refractivity contribution in [2.45, 2.75) is 26.3 Å². The van der Waals surface area contributed by atoms with Crippen LogP contribution >= 0.6 is 23.2 Å². The van der Waals surface area contributed by atoms with Crippen LogP contribution < -0.4 is 5.32 Å². The van der Waals surface area contributed by atoms with Gasteiger partial charge in [-0.3, -0.25) is 0 Å². The maximum Gasteiger partial charge on any atom is 0.152 e. The molecule has 0 aliphatic carbocycles. The summed E-state index contributed by atoms with van der Waals surface area (Å²) in [5, 5.41) is 4.68. The van der Waals surface area contributed by atoms with Gasteiger partial charge in [-0.2, -0.15) is 0 Å². The van der Waals surface area contributed by atoms with Crippen molar-refractivity contribution < 1.29 is 0 Å². The molecule has 0 aliphatic rings. The zero-order chi connectivity index (χ0) is 13.8. The van der Waals surface area contributed by atoms with Crippen LogP contribution in [0.3, 0.4) is 0 Å². The van der Waals surface area contributed by atoms with Crippen molar-refractivity contribution in [3.63, 3.8) is 0 Å². The minimum atomic E-state index is 0.193. The van der Waals surface area contributed by atoms with Gasteiger partial charge in [-0.15, -0.1) is 0 Å². The van der Waals surface area contributed by atoms with Gasteiger partial charge in [-0.05, 0) is 42.7 Å². The summed E-state index contributed by atoms with van der Waals surface area (Å²) < 4.78 is 0. The average Bonchev–Trinajstić information content (AvgIpc) is 2.41. The first-order chi connectivity index (χ1) is 9.10. The first-order valence-electron chi connectivity index (χ1n) is 6.24. The minimum Gasteiger partial charge on any atom is -0.376 e. The Morgan fingerprint density at radius 3 is 2.53 bits per heavy atom. The van der Waals surface area contributed by atoms with E-state index in [9.17, 15) is 0 Å². The van der Waals surface area contributed by atoms with Gasteiger partial charge < -0.3 is 5.32 Å². The molecule has 1 heterocycles.